The zero-order valence-electron chi connectivity index (χ0n) is 43.9. The van der Waals surface area contributed by atoms with Crippen molar-refractivity contribution in [1.29, 1.82) is 10.8 Å². The number of aliphatic imine (C=N–C) groups is 1. The fraction of sp³-hybridized carbons (Fsp3) is 0.921. The Balaban J connectivity index is 1.10. The zero-order valence-corrected chi connectivity index (χ0v) is 49.0. The van der Waals surface area contributed by atoms with E-state index in [9.17, 15) is 50.4 Å². The van der Waals surface area contributed by atoms with Gasteiger partial charge in [0.05, 0.1) is 75.1 Å². The van der Waals surface area contributed by atoms with Crippen LogP contribution >= 0.6 is 20.2 Å². The van der Waals surface area contributed by atoms with Crippen molar-refractivity contribution in [3.8, 4) is 0 Å². The molecule has 6 aliphatic rings. The fourth-order valence-electron chi connectivity index (χ4n) is 10.1. The maximum atomic E-state index is 12.4. The van der Waals surface area contributed by atoms with Gasteiger partial charge in [-0.15, -0.1) is 0 Å². The number of methoxy groups -OCH3 is 1. The highest BCUT2D eigenvalue weighted by Crippen LogP contribution is 2.52. The average molecular weight is 1250 g/mol. The Morgan fingerprint density at radius 1 is 0.671 bits per heavy atom. The monoisotopic (exact) mass is 1250 g/mol. The molecule has 452 valence electrons. The summed E-state index contributed by atoms with van der Waals surface area (Å²) in [5.74, 6) is -1.39. The van der Waals surface area contributed by atoms with E-state index in [4.69, 9.17) is 123 Å². The molecule has 0 aromatic carbocycles. The lowest BCUT2D eigenvalue weighted by molar-refractivity contribution is -0.313. The molecule has 5 saturated heterocycles. The Hall–Kier alpha value is -0.645. The highest BCUT2D eigenvalue weighted by molar-refractivity contribution is 8.07. The first-order valence-corrected chi connectivity index (χ1v) is 32.9. The number of ether oxygens (including phenoxy) is 8. The van der Waals surface area contributed by atoms with Gasteiger partial charge in [-0.1, -0.05) is 0 Å². The number of nitrogens with zero attached hydrogens (tertiary/aromatic N) is 1. The minimum Gasteiger partial charge on any atom is -0.394 e. The first kappa shape index (κ1) is 67.5. The molecule has 27 unspecified atom stereocenters. The van der Waals surface area contributed by atoms with E-state index in [-0.39, 0.29) is 38.1 Å². The predicted molar refractivity (Wildman–Crippen MR) is 293 cm³/mol. The molecule has 79 heavy (non-hydrogen) atoms. The van der Waals surface area contributed by atoms with E-state index in [0.29, 0.717) is 6.42 Å². The van der Waals surface area contributed by atoms with E-state index >= 15 is 0 Å². The molecule has 32 nitrogen and oxygen atoms in total. The van der Waals surface area contributed by atoms with Crippen LogP contribution in [0.2, 0.25) is 0 Å². The highest BCUT2D eigenvalue weighted by Gasteiger charge is 2.60. The van der Waals surface area contributed by atoms with Crippen molar-refractivity contribution in [2.45, 2.75) is 172 Å². The highest BCUT2D eigenvalue weighted by atomic mass is 32.5. The van der Waals surface area contributed by atoms with E-state index < -0.39 is 186 Å². The number of nitrogens with two attached hydrogens (primary N) is 2. The molecular weight excluding hydrogens is 1170 g/mol. The standard InChI is InChI=1S/C38H74B3N8O24P3S3/c1-13-38(56,33(70-34-26(46-2)30(54)27(51)17(7-50)68-34)35(64-13)69-32-25(49-37(44)45)28(52)24(48-36(42)43)29(53)31(32)55)11-47-12-63-76(59,79)73-16-6-23(41)67-20(16)10-62-75(58,78)72-15-5-22(40)66-19(15)9-61-74(57,77)71-14-4-21(39)65-18(14)8-60-3/h11,13-35,46,50-56H,4-10,12,39-41H2,1-3H3,(H,57,77)(H,58,78)(H,59,79)(H4,42,43,48)(H4,44,45,49)/b47-11-. The van der Waals surface area contributed by atoms with Crippen molar-refractivity contribution >= 4 is 97.2 Å². The Labute approximate surface area is 473 Å². The van der Waals surface area contributed by atoms with Gasteiger partial charge in [0.2, 0.25) is 0 Å². The summed E-state index contributed by atoms with van der Waals surface area (Å²) in [7, 11) is 8.26. The van der Waals surface area contributed by atoms with Crippen LogP contribution in [0.15, 0.2) is 4.99 Å². The molecule has 1 saturated carbocycles. The summed E-state index contributed by atoms with van der Waals surface area (Å²) in [5.41, 5.74) is 8.68. The van der Waals surface area contributed by atoms with E-state index in [2.05, 4.69) is 20.9 Å². The topological polar surface area (TPSA) is 480 Å². The van der Waals surface area contributed by atoms with Crippen molar-refractivity contribution in [3.05, 3.63) is 0 Å². The molecule has 6 rings (SSSR count). The van der Waals surface area contributed by atoms with Crippen LogP contribution in [-0.4, -0.2) is 285 Å². The number of aliphatic hydroxyl groups excluding tert-OH is 6. The molecule has 0 amide bonds. The molecule has 0 aromatic heterocycles. The van der Waals surface area contributed by atoms with Gasteiger partial charge in [-0.25, -0.2) is 0 Å². The smallest absolute Gasteiger partial charge is 0.326 e. The van der Waals surface area contributed by atoms with Crippen LogP contribution in [0.25, 0.3) is 0 Å². The SMILES string of the molecule is BC1CC(OP(O)(=S)OCC2OC(B)CC2OP(O)(=S)OCC2OC(B)CC2OP(O)(=S)OC/N=C\C2(O)C(C)OC(OC3C(O)C(O)C(NC(=N)N)C(O)C3NC(=N)N)C2OC2OC(CO)C(O)C(O)C2NC)C(COC)O1. The maximum Gasteiger partial charge on any atom is 0.326 e. The third kappa shape index (κ3) is 17.5. The number of hydrogen-bond acceptors (Lipinski definition) is 28. The first-order chi connectivity index (χ1) is 36.9. The van der Waals surface area contributed by atoms with E-state index in [1.807, 2.05) is 7.85 Å². The number of rotatable bonds is 26. The lowest BCUT2D eigenvalue weighted by atomic mass is 9.81. The first-order valence-electron chi connectivity index (χ1n) is 25.1. The van der Waals surface area contributed by atoms with Crippen molar-refractivity contribution in [2.75, 3.05) is 47.3 Å². The Morgan fingerprint density at radius 3 is 1.61 bits per heavy atom. The predicted octanol–water partition coefficient (Wildman–Crippen LogP) is -9.17. The quantitative estimate of drug-likeness (QED) is 0.0165. The molecule has 0 spiro atoms. The molecule has 0 bridgehead atoms. The van der Waals surface area contributed by atoms with Gasteiger partial charge in [-0.05, 0) is 68.7 Å². The van der Waals surface area contributed by atoms with Gasteiger partial charge >= 0.3 is 20.2 Å². The number of hydrogen-bond donors (Lipinski definition) is 17. The Kier molecular flexibility index (Phi) is 24.5. The zero-order chi connectivity index (χ0) is 58.5. The van der Waals surface area contributed by atoms with Gasteiger partial charge in [-0.3, -0.25) is 20.3 Å². The lowest BCUT2D eigenvalue weighted by Crippen LogP contribution is -2.73. The van der Waals surface area contributed by atoms with E-state index in [0.717, 1.165) is 6.21 Å². The summed E-state index contributed by atoms with van der Waals surface area (Å²) in [5, 5.41) is 101. The summed E-state index contributed by atoms with van der Waals surface area (Å²) in [6, 6.07) is -5.24. The van der Waals surface area contributed by atoms with Crippen LogP contribution in [0.1, 0.15) is 26.2 Å². The largest absolute Gasteiger partial charge is 0.394 e. The summed E-state index contributed by atoms with van der Waals surface area (Å²) in [6.07, 6.45) is -21.4. The third-order valence-corrected chi connectivity index (χ3v) is 18.7. The van der Waals surface area contributed by atoms with Gasteiger partial charge < -0.3 is 138 Å². The molecule has 41 heteroatoms. The van der Waals surface area contributed by atoms with Crippen LogP contribution in [0.3, 0.4) is 0 Å². The summed E-state index contributed by atoms with van der Waals surface area (Å²) >= 11 is 16.0. The molecule has 0 aromatic rings. The molecule has 1 aliphatic carbocycles. The molecular formula is C38H74B3N8O24P3S3. The van der Waals surface area contributed by atoms with Gasteiger partial charge in [-0.2, -0.15) is 0 Å². The summed E-state index contributed by atoms with van der Waals surface area (Å²) < 4.78 is 81.5. The molecule has 6 fully saturated rings. The summed E-state index contributed by atoms with van der Waals surface area (Å²) in [6.45, 7) is -12.7. The Morgan fingerprint density at radius 2 is 1.14 bits per heavy atom. The molecule has 0 radical (unpaired) electrons. The van der Waals surface area contributed by atoms with Gasteiger partial charge in [0, 0.05) is 31.3 Å². The van der Waals surface area contributed by atoms with E-state index in [1.54, 1.807) is 15.7 Å². The van der Waals surface area contributed by atoms with Crippen molar-refractivity contribution in [1.82, 2.24) is 16.0 Å². The van der Waals surface area contributed by atoms with E-state index in [1.165, 1.54) is 21.1 Å². The van der Waals surface area contributed by atoms with Crippen molar-refractivity contribution in [2.24, 2.45) is 16.5 Å². The summed E-state index contributed by atoms with van der Waals surface area (Å²) in [4.78, 5) is 37.6. The average Bonchev–Trinajstić information content (AvgIpc) is 4.12. The van der Waals surface area contributed by atoms with Crippen molar-refractivity contribution in [3.63, 3.8) is 0 Å². The lowest BCUT2D eigenvalue weighted by Gasteiger charge is -2.47. The van der Waals surface area contributed by atoms with Crippen LogP contribution < -0.4 is 27.4 Å². The second-order valence-electron chi connectivity index (χ2n) is 20.0. The minimum atomic E-state index is -4.23. The molecule has 5 heterocycles. The molecule has 19 N–H and O–H groups in total. The number of guanidine groups is 2. The van der Waals surface area contributed by atoms with Gasteiger partial charge in [0.25, 0.3) is 0 Å². The number of aliphatic hydroxyl groups is 7. The molecule has 27 atom stereocenters. The second-order valence-corrected chi connectivity index (χ2v) is 28.3. The molecule has 5 aliphatic heterocycles. The number of nitrogens with one attached hydrogen (secondary N) is 5. The van der Waals surface area contributed by atoms with Crippen LogP contribution in [0, 0.1) is 10.8 Å². The van der Waals surface area contributed by atoms with Gasteiger partial charge in [0.1, 0.15) is 91.3 Å². The maximum absolute atomic E-state index is 12.4. The third-order valence-electron chi connectivity index (χ3n) is 14.0. The number of likely N-dealkylation sites (N-methyl/N-ethyl adjacent to an activating group) is 1. The second kappa shape index (κ2) is 28.7. The Bertz CT molecular complexity index is 2240. The van der Waals surface area contributed by atoms with Crippen LogP contribution in [0.4, 0.5) is 0 Å². The minimum absolute atomic E-state index is 0.152. The fourth-order valence-corrected chi connectivity index (χ4v) is 14.4. The van der Waals surface area contributed by atoms with Crippen LogP contribution in [-0.2, 0) is 100 Å². The normalized spacial score (nSPS) is 44.0. The van der Waals surface area contributed by atoms with Crippen LogP contribution in [0.5, 0.6) is 0 Å². The van der Waals surface area contributed by atoms with Gasteiger partial charge in [0.15, 0.2) is 30.1 Å². The van der Waals surface area contributed by atoms with Crippen molar-refractivity contribution < 1.29 is 115 Å².